The van der Waals surface area contributed by atoms with Gasteiger partial charge in [0.05, 0.1) is 4.90 Å². The number of nitrogens with one attached hydrogen (secondary N) is 1. The number of thioether (sulfide) groups is 1. The van der Waals surface area contributed by atoms with Crippen LogP contribution in [0.2, 0.25) is 0 Å². The van der Waals surface area contributed by atoms with Crippen LogP contribution in [0.5, 0.6) is 0 Å². The number of aryl methyl sites for hydroxylation is 2. The van der Waals surface area contributed by atoms with Crippen molar-refractivity contribution in [2.24, 2.45) is 5.14 Å². The second kappa shape index (κ2) is 7.83. The number of hydrogen-bond acceptors (Lipinski definition) is 4. The van der Waals surface area contributed by atoms with E-state index >= 15 is 0 Å². The van der Waals surface area contributed by atoms with E-state index < -0.39 is 10.0 Å². The summed E-state index contributed by atoms with van der Waals surface area (Å²) < 4.78 is 22.6. The Labute approximate surface area is 146 Å². The third-order valence-electron chi connectivity index (χ3n) is 3.52. The minimum absolute atomic E-state index is 0.0233. The average Bonchev–Trinajstić information content (AvgIpc) is 2.50. The van der Waals surface area contributed by atoms with Crippen LogP contribution >= 0.6 is 11.8 Å². The average molecular weight is 364 g/mol. The first kappa shape index (κ1) is 18.5. The smallest absolute Gasteiger partial charge is 0.238 e. The molecule has 0 aliphatic heterocycles. The number of nitrogens with two attached hydrogens (primary N) is 1. The van der Waals surface area contributed by atoms with E-state index in [9.17, 15) is 13.2 Å². The second-order valence-electron chi connectivity index (χ2n) is 5.47. The van der Waals surface area contributed by atoms with Crippen molar-refractivity contribution in [1.29, 1.82) is 0 Å². The predicted octanol–water partition coefficient (Wildman–Crippen LogP) is 3.07. The van der Waals surface area contributed by atoms with Crippen molar-refractivity contribution in [1.82, 2.24) is 0 Å². The van der Waals surface area contributed by atoms with Gasteiger partial charge in [-0.25, -0.2) is 13.6 Å². The van der Waals surface area contributed by atoms with E-state index in [4.69, 9.17) is 5.14 Å². The van der Waals surface area contributed by atoms with Gasteiger partial charge in [0.25, 0.3) is 0 Å². The fraction of sp³-hybridized carbons (Fsp3) is 0.235. The molecule has 0 spiro atoms. The quantitative estimate of drug-likeness (QED) is 0.771. The second-order valence-corrected chi connectivity index (χ2v) is 8.20. The number of carbonyl (C=O) groups excluding carboxylic acids is 1. The molecular formula is C17H20N2O3S2. The van der Waals surface area contributed by atoms with Crippen LogP contribution in [-0.2, 0) is 14.8 Å². The van der Waals surface area contributed by atoms with Gasteiger partial charge in [-0.15, -0.1) is 11.8 Å². The van der Waals surface area contributed by atoms with Crippen molar-refractivity contribution in [3.8, 4) is 0 Å². The lowest BCUT2D eigenvalue weighted by atomic mass is 10.1. The van der Waals surface area contributed by atoms with Crippen LogP contribution in [0, 0.1) is 13.8 Å². The topological polar surface area (TPSA) is 89.3 Å². The van der Waals surface area contributed by atoms with Gasteiger partial charge in [-0.3, -0.25) is 4.79 Å². The highest BCUT2D eigenvalue weighted by Gasteiger charge is 2.09. The lowest BCUT2D eigenvalue weighted by molar-refractivity contribution is -0.115. The molecule has 2 aromatic rings. The Morgan fingerprint density at radius 1 is 1.12 bits per heavy atom. The summed E-state index contributed by atoms with van der Waals surface area (Å²) >= 11 is 1.61. The van der Waals surface area contributed by atoms with Crippen molar-refractivity contribution in [3.05, 3.63) is 53.6 Å². The van der Waals surface area contributed by atoms with Gasteiger partial charge in [0, 0.05) is 22.8 Å². The van der Waals surface area contributed by atoms with Crippen LogP contribution in [0.3, 0.4) is 0 Å². The molecule has 7 heteroatoms. The number of benzene rings is 2. The summed E-state index contributed by atoms with van der Waals surface area (Å²) in [6.45, 7) is 4.12. The van der Waals surface area contributed by atoms with Crippen molar-refractivity contribution < 1.29 is 13.2 Å². The zero-order chi connectivity index (χ0) is 17.7. The number of sulfonamides is 1. The summed E-state index contributed by atoms with van der Waals surface area (Å²) in [6.07, 6.45) is 0.331. The van der Waals surface area contributed by atoms with Crippen LogP contribution < -0.4 is 10.5 Å². The van der Waals surface area contributed by atoms with Gasteiger partial charge < -0.3 is 5.32 Å². The molecule has 128 valence electrons. The Balaban J connectivity index is 1.88. The third kappa shape index (κ3) is 5.36. The highest BCUT2D eigenvalue weighted by molar-refractivity contribution is 7.99. The van der Waals surface area contributed by atoms with E-state index in [1.165, 1.54) is 23.3 Å². The molecule has 2 rings (SSSR count). The van der Waals surface area contributed by atoms with E-state index in [2.05, 4.69) is 31.3 Å². The normalized spacial score (nSPS) is 11.3. The number of amides is 1. The molecule has 5 nitrogen and oxygen atoms in total. The van der Waals surface area contributed by atoms with Gasteiger partial charge in [-0.1, -0.05) is 12.1 Å². The van der Waals surface area contributed by atoms with E-state index in [1.807, 2.05) is 6.07 Å². The summed E-state index contributed by atoms with van der Waals surface area (Å²) in [4.78, 5) is 13.1. The van der Waals surface area contributed by atoms with Gasteiger partial charge in [-0.2, -0.15) is 0 Å². The summed E-state index contributed by atoms with van der Waals surface area (Å²) in [5, 5.41) is 7.77. The molecule has 0 unspecified atom stereocenters. The van der Waals surface area contributed by atoms with E-state index in [1.54, 1.807) is 23.9 Å². The molecule has 3 N–H and O–H groups in total. The van der Waals surface area contributed by atoms with Crippen LogP contribution in [0.4, 0.5) is 5.69 Å². The first-order valence-electron chi connectivity index (χ1n) is 7.38. The summed E-state index contributed by atoms with van der Waals surface area (Å²) in [7, 11) is -3.78. The van der Waals surface area contributed by atoms with Crippen LogP contribution in [0.25, 0.3) is 0 Å². The highest BCUT2D eigenvalue weighted by atomic mass is 32.2. The number of rotatable bonds is 6. The zero-order valence-corrected chi connectivity index (χ0v) is 15.2. The summed E-state index contributed by atoms with van der Waals surface area (Å²) in [5.41, 5.74) is 2.89. The first-order chi connectivity index (χ1) is 11.3. The molecule has 0 heterocycles. The number of hydrogen-bond donors (Lipinski definition) is 2. The lowest BCUT2D eigenvalue weighted by Crippen LogP contribution is -2.15. The Morgan fingerprint density at radius 3 is 2.54 bits per heavy atom. The first-order valence-corrected chi connectivity index (χ1v) is 9.91. The Morgan fingerprint density at radius 2 is 1.88 bits per heavy atom. The molecule has 2 aromatic carbocycles. The van der Waals surface area contributed by atoms with Gasteiger partial charge in [0.15, 0.2) is 0 Å². The third-order valence-corrected chi connectivity index (χ3v) is 5.43. The largest absolute Gasteiger partial charge is 0.326 e. The van der Waals surface area contributed by atoms with Crippen LogP contribution in [0.1, 0.15) is 17.5 Å². The number of primary sulfonamides is 1. The molecule has 0 saturated heterocycles. The fourth-order valence-electron chi connectivity index (χ4n) is 2.04. The number of anilines is 1. The molecule has 1 amide bonds. The molecular weight excluding hydrogens is 344 g/mol. The monoisotopic (exact) mass is 364 g/mol. The SMILES string of the molecule is Cc1ccc(SCCC(=O)Nc2cccc(S(N)(=O)=O)c2)cc1C. The van der Waals surface area contributed by atoms with Crippen molar-refractivity contribution in [2.75, 3.05) is 11.1 Å². The minimum Gasteiger partial charge on any atom is -0.326 e. The van der Waals surface area contributed by atoms with Crippen molar-refractivity contribution in [3.63, 3.8) is 0 Å². The molecule has 0 bridgehead atoms. The van der Waals surface area contributed by atoms with E-state index in [0.29, 0.717) is 17.9 Å². The molecule has 0 radical (unpaired) electrons. The molecule has 0 saturated carbocycles. The molecule has 0 aliphatic rings. The predicted molar refractivity (Wildman–Crippen MR) is 97.7 cm³/mol. The molecule has 24 heavy (non-hydrogen) atoms. The van der Waals surface area contributed by atoms with Crippen molar-refractivity contribution >= 4 is 33.4 Å². The van der Waals surface area contributed by atoms with Crippen LogP contribution in [-0.4, -0.2) is 20.1 Å². The zero-order valence-electron chi connectivity index (χ0n) is 13.6. The van der Waals surface area contributed by atoms with Gasteiger partial charge >= 0.3 is 0 Å². The molecule has 0 aromatic heterocycles. The standard InChI is InChI=1S/C17H20N2O3S2/c1-12-6-7-15(10-13(12)2)23-9-8-17(20)19-14-4-3-5-16(11-14)24(18,21)22/h3-7,10-11H,8-9H2,1-2H3,(H,19,20)(H2,18,21,22). The fourth-order valence-corrected chi connectivity index (χ4v) is 3.55. The lowest BCUT2D eigenvalue weighted by Gasteiger charge is -2.07. The van der Waals surface area contributed by atoms with E-state index in [-0.39, 0.29) is 10.8 Å². The van der Waals surface area contributed by atoms with Gasteiger partial charge in [-0.05, 0) is 55.3 Å². The molecule has 0 aliphatic carbocycles. The Kier molecular flexibility index (Phi) is 6.04. The summed E-state index contributed by atoms with van der Waals surface area (Å²) in [5.74, 6) is 0.473. The van der Waals surface area contributed by atoms with E-state index in [0.717, 1.165) is 4.90 Å². The Hall–Kier alpha value is -1.83. The maximum atomic E-state index is 12.0. The summed E-state index contributed by atoms with van der Waals surface area (Å²) in [6, 6.07) is 12.1. The van der Waals surface area contributed by atoms with Crippen molar-refractivity contribution in [2.45, 2.75) is 30.1 Å². The van der Waals surface area contributed by atoms with Gasteiger partial charge in [0.2, 0.25) is 15.9 Å². The molecule has 0 fully saturated rings. The van der Waals surface area contributed by atoms with Crippen LogP contribution in [0.15, 0.2) is 52.3 Å². The minimum atomic E-state index is -3.78. The highest BCUT2D eigenvalue weighted by Crippen LogP contribution is 2.22. The molecule has 0 atom stereocenters. The Bertz CT molecular complexity index is 849. The maximum Gasteiger partial charge on any atom is 0.238 e. The number of carbonyl (C=O) groups is 1. The maximum absolute atomic E-state index is 12.0. The van der Waals surface area contributed by atoms with Gasteiger partial charge in [0.1, 0.15) is 0 Å².